The molecular formula is C14H16ClNO2. The molecular weight excluding hydrogens is 250 g/mol. The Morgan fingerprint density at radius 1 is 1.50 bits per heavy atom. The van der Waals surface area contributed by atoms with Crippen LogP contribution in [0.5, 0.6) is 0 Å². The van der Waals surface area contributed by atoms with Gasteiger partial charge in [0, 0.05) is 22.0 Å². The van der Waals surface area contributed by atoms with Crippen LogP contribution in [0.25, 0.3) is 11.0 Å². The second-order valence-electron chi connectivity index (χ2n) is 4.46. The van der Waals surface area contributed by atoms with Gasteiger partial charge < -0.3 is 9.73 Å². The van der Waals surface area contributed by atoms with Crippen molar-refractivity contribution in [3.63, 3.8) is 0 Å². The summed E-state index contributed by atoms with van der Waals surface area (Å²) in [5.41, 5.74) is 1.62. The lowest BCUT2D eigenvalue weighted by Crippen LogP contribution is -2.33. The predicted octanol–water partition coefficient (Wildman–Crippen LogP) is 3.54. The van der Waals surface area contributed by atoms with Crippen LogP contribution in [0.15, 0.2) is 28.9 Å². The number of rotatable bonds is 4. The summed E-state index contributed by atoms with van der Waals surface area (Å²) in [4.78, 5) is 11.8. The van der Waals surface area contributed by atoms with Crippen LogP contribution in [0, 0.1) is 0 Å². The predicted molar refractivity (Wildman–Crippen MR) is 72.8 cm³/mol. The van der Waals surface area contributed by atoms with Gasteiger partial charge in [0.05, 0.1) is 12.7 Å². The molecule has 0 radical (unpaired) electrons. The zero-order chi connectivity index (χ0) is 13.1. The molecule has 3 nitrogen and oxygen atoms in total. The highest BCUT2D eigenvalue weighted by Gasteiger charge is 2.12. The monoisotopic (exact) mass is 265 g/mol. The van der Waals surface area contributed by atoms with E-state index >= 15 is 0 Å². The highest BCUT2D eigenvalue weighted by atomic mass is 35.5. The number of furan rings is 1. The lowest BCUT2D eigenvalue weighted by atomic mass is 10.1. The van der Waals surface area contributed by atoms with Crippen molar-refractivity contribution in [1.82, 2.24) is 5.32 Å². The van der Waals surface area contributed by atoms with Gasteiger partial charge in [-0.2, -0.15) is 0 Å². The zero-order valence-electron chi connectivity index (χ0n) is 10.5. The molecule has 1 amide bonds. The molecule has 0 saturated carbocycles. The number of hydrogen-bond donors (Lipinski definition) is 1. The Bertz CT molecular complexity index is 562. The van der Waals surface area contributed by atoms with Gasteiger partial charge in [0.1, 0.15) is 5.58 Å². The lowest BCUT2D eigenvalue weighted by Gasteiger charge is -2.10. The molecule has 2 aromatic rings. The van der Waals surface area contributed by atoms with E-state index in [1.807, 2.05) is 26.0 Å². The van der Waals surface area contributed by atoms with E-state index in [0.29, 0.717) is 11.4 Å². The normalized spacial score (nSPS) is 12.6. The number of fused-ring (bicyclic) bond motifs is 1. The van der Waals surface area contributed by atoms with E-state index in [2.05, 4.69) is 5.32 Å². The van der Waals surface area contributed by atoms with Crippen LogP contribution in [-0.4, -0.2) is 11.9 Å². The Morgan fingerprint density at radius 3 is 3.00 bits per heavy atom. The summed E-state index contributed by atoms with van der Waals surface area (Å²) in [5, 5.41) is 4.48. The molecule has 2 rings (SSSR count). The summed E-state index contributed by atoms with van der Waals surface area (Å²) >= 11 is 5.95. The molecule has 1 N–H and O–H groups in total. The second kappa shape index (κ2) is 5.44. The van der Waals surface area contributed by atoms with Gasteiger partial charge in [0.2, 0.25) is 5.91 Å². The lowest BCUT2D eigenvalue weighted by molar-refractivity contribution is -0.121. The molecule has 0 aliphatic rings. The third-order valence-corrected chi connectivity index (χ3v) is 3.22. The largest absolute Gasteiger partial charge is 0.464 e. The molecule has 1 aromatic heterocycles. The zero-order valence-corrected chi connectivity index (χ0v) is 11.3. The molecule has 0 bridgehead atoms. The molecule has 0 saturated heterocycles. The summed E-state index contributed by atoms with van der Waals surface area (Å²) in [6.07, 6.45) is 2.86. The number of amides is 1. The van der Waals surface area contributed by atoms with E-state index in [-0.39, 0.29) is 11.9 Å². The topological polar surface area (TPSA) is 42.2 Å². The van der Waals surface area contributed by atoms with Crippen molar-refractivity contribution in [2.75, 3.05) is 0 Å². The number of halogens is 1. The van der Waals surface area contributed by atoms with Crippen molar-refractivity contribution in [3.05, 3.63) is 35.0 Å². The van der Waals surface area contributed by atoms with Crippen LogP contribution in [0.1, 0.15) is 25.8 Å². The minimum atomic E-state index is 0.00651. The maximum atomic E-state index is 11.8. The van der Waals surface area contributed by atoms with Gasteiger partial charge in [0.25, 0.3) is 0 Å². The summed E-state index contributed by atoms with van der Waals surface area (Å²) in [7, 11) is 0. The number of nitrogens with one attached hydrogen (secondary N) is 1. The van der Waals surface area contributed by atoms with E-state index in [1.54, 1.807) is 12.3 Å². The number of hydrogen-bond acceptors (Lipinski definition) is 2. The maximum absolute atomic E-state index is 11.8. The van der Waals surface area contributed by atoms with Crippen molar-refractivity contribution < 1.29 is 9.21 Å². The summed E-state index contributed by atoms with van der Waals surface area (Å²) < 4.78 is 5.40. The highest BCUT2D eigenvalue weighted by Crippen LogP contribution is 2.24. The fraction of sp³-hybridized carbons (Fsp3) is 0.357. The van der Waals surface area contributed by atoms with Gasteiger partial charge in [0.15, 0.2) is 0 Å². The van der Waals surface area contributed by atoms with Gasteiger partial charge in [-0.25, -0.2) is 0 Å². The highest BCUT2D eigenvalue weighted by molar-refractivity contribution is 6.31. The minimum Gasteiger partial charge on any atom is -0.464 e. The van der Waals surface area contributed by atoms with E-state index in [4.69, 9.17) is 16.0 Å². The Labute approximate surface area is 111 Å². The minimum absolute atomic E-state index is 0.00651. The molecule has 18 heavy (non-hydrogen) atoms. The Hall–Kier alpha value is -1.48. The molecule has 1 atom stereocenters. The van der Waals surface area contributed by atoms with Crippen molar-refractivity contribution in [1.29, 1.82) is 0 Å². The van der Waals surface area contributed by atoms with Crippen molar-refractivity contribution in [3.8, 4) is 0 Å². The van der Waals surface area contributed by atoms with Crippen LogP contribution in [0.3, 0.4) is 0 Å². The number of carbonyl (C=O) groups excluding carboxylic acids is 1. The van der Waals surface area contributed by atoms with Crippen LogP contribution < -0.4 is 5.32 Å². The Morgan fingerprint density at radius 2 is 2.28 bits per heavy atom. The van der Waals surface area contributed by atoms with E-state index in [0.717, 1.165) is 23.0 Å². The van der Waals surface area contributed by atoms with E-state index in [1.165, 1.54) is 0 Å². The van der Waals surface area contributed by atoms with Gasteiger partial charge in [-0.1, -0.05) is 18.5 Å². The third kappa shape index (κ3) is 2.85. The first-order valence-corrected chi connectivity index (χ1v) is 6.43. The second-order valence-corrected chi connectivity index (χ2v) is 4.89. The van der Waals surface area contributed by atoms with E-state index in [9.17, 15) is 4.79 Å². The molecule has 1 aromatic carbocycles. The number of carbonyl (C=O) groups is 1. The van der Waals surface area contributed by atoms with Gasteiger partial charge >= 0.3 is 0 Å². The van der Waals surface area contributed by atoms with Gasteiger partial charge in [-0.3, -0.25) is 4.79 Å². The Balaban J connectivity index is 2.16. The maximum Gasteiger partial charge on any atom is 0.224 e. The molecule has 0 spiro atoms. The first kappa shape index (κ1) is 13.0. The first-order chi connectivity index (χ1) is 8.60. The third-order valence-electron chi connectivity index (χ3n) is 2.99. The molecule has 96 valence electrons. The molecule has 0 aliphatic heterocycles. The average Bonchev–Trinajstić information content (AvgIpc) is 2.71. The summed E-state index contributed by atoms with van der Waals surface area (Å²) in [6.45, 7) is 4.03. The number of benzene rings is 1. The average molecular weight is 266 g/mol. The molecule has 0 aliphatic carbocycles. The van der Waals surface area contributed by atoms with Crippen LogP contribution >= 0.6 is 11.6 Å². The van der Waals surface area contributed by atoms with Crippen molar-refractivity contribution >= 4 is 28.5 Å². The first-order valence-electron chi connectivity index (χ1n) is 6.05. The quantitative estimate of drug-likeness (QED) is 0.919. The molecule has 4 heteroatoms. The van der Waals surface area contributed by atoms with Gasteiger partial charge in [-0.05, 0) is 31.5 Å². The fourth-order valence-corrected chi connectivity index (χ4v) is 1.96. The Kier molecular flexibility index (Phi) is 3.92. The fourth-order valence-electron chi connectivity index (χ4n) is 1.79. The van der Waals surface area contributed by atoms with Crippen LogP contribution in [0.2, 0.25) is 5.02 Å². The SMILES string of the molecule is CCC(C)NC(=O)Cc1coc2ccc(Cl)cc12. The molecule has 1 heterocycles. The molecule has 0 fully saturated rings. The van der Waals surface area contributed by atoms with Crippen molar-refractivity contribution in [2.45, 2.75) is 32.7 Å². The standard InChI is InChI=1S/C14H16ClNO2/c1-3-9(2)16-14(17)6-10-8-18-13-5-4-11(15)7-12(10)13/h4-5,7-9H,3,6H2,1-2H3,(H,16,17). The summed E-state index contributed by atoms with van der Waals surface area (Å²) in [5.74, 6) is 0.00651. The van der Waals surface area contributed by atoms with Crippen LogP contribution in [0.4, 0.5) is 0 Å². The summed E-state index contributed by atoms with van der Waals surface area (Å²) in [6, 6.07) is 5.61. The van der Waals surface area contributed by atoms with E-state index < -0.39 is 0 Å². The van der Waals surface area contributed by atoms with Crippen molar-refractivity contribution in [2.24, 2.45) is 0 Å². The molecule has 1 unspecified atom stereocenters. The van der Waals surface area contributed by atoms with Crippen LogP contribution in [-0.2, 0) is 11.2 Å². The van der Waals surface area contributed by atoms with Gasteiger partial charge in [-0.15, -0.1) is 0 Å². The smallest absolute Gasteiger partial charge is 0.224 e.